The van der Waals surface area contributed by atoms with Gasteiger partial charge in [0, 0.05) is 17.6 Å². The van der Waals surface area contributed by atoms with E-state index in [2.05, 4.69) is 20.7 Å². The minimum absolute atomic E-state index is 0.0798. The van der Waals surface area contributed by atoms with Crippen LogP contribution in [0, 0.1) is 0 Å². The van der Waals surface area contributed by atoms with Crippen molar-refractivity contribution in [3.8, 4) is 0 Å². The summed E-state index contributed by atoms with van der Waals surface area (Å²) in [6.45, 7) is 0. The number of ether oxygens (including phenoxy) is 1. The predicted molar refractivity (Wildman–Crippen MR) is 55.1 cm³/mol. The molecular weight excluding hydrogens is 252 g/mol. The number of hydrogen-bond acceptors (Lipinski definition) is 4. The molecule has 1 heterocycles. The molecule has 0 radical (unpaired) electrons. The van der Waals surface area contributed by atoms with E-state index in [1.165, 1.54) is 24.8 Å². The molecule has 1 rings (SSSR count). The van der Waals surface area contributed by atoms with Gasteiger partial charge >= 0.3 is 5.97 Å². The lowest BCUT2D eigenvalue weighted by molar-refractivity contribution is 0.0600. The fourth-order valence-electron chi connectivity index (χ4n) is 0.990. The van der Waals surface area contributed by atoms with Crippen LogP contribution in [0.1, 0.15) is 10.4 Å². The zero-order valence-corrected chi connectivity index (χ0v) is 9.29. The van der Waals surface area contributed by atoms with E-state index in [-0.39, 0.29) is 16.9 Å². The van der Waals surface area contributed by atoms with Crippen molar-refractivity contribution in [3.05, 3.63) is 26.5 Å². The topological polar surface area (TPSA) is 74.3 Å². The van der Waals surface area contributed by atoms with E-state index < -0.39 is 5.97 Å². The maximum absolute atomic E-state index is 11.3. The largest absolute Gasteiger partial charge is 0.465 e. The van der Waals surface area contributed by atoms with Gasteiger partial charge in [-0.1, -0.05) is 0 Å². The number of nitrogens with two attached hydrogens (primary N) is 1. The molecule has 14 heavy (non-hydrogen) atoms. The Morgan fingerprint density at radius 2 is 2.21 bits per heavy atom. The predicted octanol–water partition coefficient (Wildman–Crippen LogP) is 0.517. The quantitative estimate of drug-likeness (QED) is 0.748. The average molecular weight is 261 g/mol. The number of anilines is 1. The van der Waals surface area contributed by atoms with Crippen molar-refractivity contribution >= 4 is 27.7 Å². The summed E-state index contributed by atoms with van der Waals surface area (Å²) >= 11 is 3.08. The molecule has 0 aromatic carbocycles. The van der Waals surface area contributed by atoms with Gasteiger partial charge in [-0.3, -0.25) is 9.36 Å². The normalized spacial score (nSPS) is 9.93. The molecule has 0 saturated heterocycles. The summed E-state index contributed by atoms with van der Waals surface area (Å²) in [5, 5.41) is 0. The van der Waals surface area contributed by atoms with Crippen LogP contribution < -0.4 is 11.3 Å². The molecule has 76 valence electrons. The van der Waals surface area contributed by atoms with E-state index in [1.54, 1.807) is 0 Å². The smallest absolute Gasteiger partial charge is 0.342 e. The van der Waals surface area contributed by atoms with Gasteiger partial charge < -0.3 is 10.5 Å². The third kappa shape index (κ3) is 1.65. The molecule has 0 amide bonds. The van der Waals surface area contributed by atoms with Crippen LogP contribution in [0.15, 0.2) is 15.3 Å². The first-order chi connectivity index (χ1) is 6.49. The minimum atomic E-state index is -0.579. The average Bonchev–Trinajstić information content (AvgIpc) is 2.14. The van der Waals surface area contributed by atoms with Gasteiger partial charge in [0.05, 0.1) is 7.11 Å². The fraction of sp³-hybridized carbons (Fsp3) is 0.250. The third-order valence-electron chi connectivity index (χ3n) is 1.83. The van der Waals surface area contributed by atoms with E-state index >= 15 is 0 Å². The number of carbonyl (C=O) groups is 1. The third-order valence-corrected chi connectivity index (χ3v) is 2.45. The molecule has 0 unspecified atom stereocenters. The van der Waals surface area contributed by atoms with Crippen molar-refractivity contribution in [2.24, 2.45) is 7.05 Å². The number of nitrogen functional groups attached to an aromatic ring is 1. The molecule has 2 N–H and O–H groups in total. The Morgan fingerprint density at radius 3 is 2.71 bits per heavy atom. The summed E-state index contributed by atoms with van der Waals surface area (Å²) in [7, 11) is 2.73. The van der Waals surface area contributed by atoms with E-state index in [0.717, 1.165) is 0 Å². The highest BCUT2D eigenvalue weighted by molar-refractivity contribution is 9.10. The lowest BCUT2D eigenvalue weighted by Crippen LogP contribution is -2.23. The van der Waals surface area contributed by atoms with Crippen molar-refractivity contribution < 1.29 is 9.53 Å². The first kappa shape index (κ1) is 10.8. The molecule has 0 aliphatic rings. The number of halogens is 1. The molecule has 0 atom stereocenters. The van der Waals surface area contributed by atoms with E-state index in [0.29, 0.717) is 4.47 Å². The summed E-state index contributed by atoms with van der Waals surface area (Å²) in [5.74, 6) is -0.499. The second-order valence-electron chi connectivity index (χ2n) is 2.64. The Hall–Kier alpha value is -1.30. The van der Waals surface area contributed by atoms with Crippen LogP contribution in [-0.4, -0.2) is 17.6 Å². The van der Waals surface area contributed by atoms with Crippen LogP contribution in [0.5, 0.6) is 0 Å². The molecule has 1 aromatic heterocycles. The molecule has 0 saturated carbocycles. The molecule has 0 bridgehead atoms. The summed E-state index contributed by atoms with van der Waals surface area (Å²) in [4.78, 5) is 22.5. The van der Waals surface area contributed by atoms with Crippen LogP contribution in [0.3, 0.4) is 0 Å². The molecule has 0 aliphatic carbocycles. The minimum Gasteiger partial charge on any atom is -0.465 e. The lowest BCUT2D eigenvalue weighted by Gasteiger charge is -2.09. The van der Waals surface area contributed by atoms with Gasteiger partial charge in [-0.2, -0.15) is 0 Å². The number of rotatable bonds is 1. The summed E-state index contributed by atoms with van der Waals surface area (Å²) in [5.41, 5.74) is 5.46. The molecule has 1 aromatic rings. The van der Waals surface area contributed by atoms with Crippen molar-refractivity contribution in [3.63, 3.8) is 0 Å². The number of nitrogens with zero attached hydrogens (tertiary/aromatic N) is 1. The number of esters is 1. The van der Waals surface area contributed by atoms with Crippen molar-refractivity contribution in [2.75, 3.05) is 12.8 Å². The Morgan fingerprint density at radius 1 is 1.64 bits per heavy atom. The first-order valence-corrected chi connectivity index (χ1v) is 4.51. The number of carbonyl (C=O) groups excluding carboxylic acids is 1. The zero-order chi connectivity index (χ0) is 10.9. The second kappa shape index (κ2) is 3.83. The number of aromatic nitrogens is 1. The van der Waals surface area contributed by atoms with Crippen LogP contribution >= 0.6 is 15.9 Å². The summed E-state index contributed by atoms with van der Waals surface area (Å²) < 4.78 is 6.04. The Kier molecular flexibility index (Phi) is 2.95. The molecule has 0 fully saturated rings. The molecule has 5 nitrogen and oxygen atoms in total. The molecule has 0 spiro atoms. The highest BCUT2D eigenvalue weighted by Gasteiger charge is 2.17. The highest BCUT2D eigenvalue weighted by atomic mass is 79.9. The van der Waals surface area contributed by atoms with E-state index in [9.17, 15) is 9.59 Å². The number of methoxy groups -OCH3 is 1. The first-order valence-electron chi connectivity index (χ1n) is 3.72. The summed E-state index contributed by atoms with van der Waals surface area (Å²) in [6.07, 6.45) is 0. The van der Waals surface area contributed by atoms with Crippen molar-refractivity contribution in [2.45, 2.75) is 0 Å². The molecular formula is C8H9BrN2O3. The lowest BCUT2D eigenvalue weighted by atomic mass is 10.2. The van der Waals surface area contributed by atoms with Crippen LogP contribution in [0.2, 0.25) is 0 Å². The van der Waals surface area contributed by atoms with Crippen molar-refractivity contribution in [1.82, 2.24) is 4.57 Å². The van der Waals surface area contributed by atoms with Gasteiger partial charge in [-0.05, 0) is 15.9 Å². The molecule has 6 heteroatoms. The standard InChI is InChI=1S/C8H9BrN2O3/c1-11-5(12)3-4(9)6(7(11)10)8(13)14-2/h3H,10H2,1-2H3. The second-order valence-corrected chi connectivity index (χ2v) is 3.50. The van der Waals surface area contributed by atoms with E-state index in [1.807, 2.05) is 0 Å². The van der Waals surface area contributed by atoms with Gasteiger partial charge in [0.25, 0.3) is 5.56 Å². The fourth-order valence-corrected chi connectivity index (χ4v) is 1.55. The SMILES string of the molecule is COC(=O)c1c(Br)cc(=O)n(C)c1N. The number of pyridine rings is 1. The maximum Gasteiger partial charge on any atom is 0.342 e. The van der Waals surface area contributed by atoms with Gasteiger partial charge in [0.2, 0.25) is 0 Å². The van der Waals surface area contributed by atoms with Gasteiger partial charge in [0.1, 0.15) is 11.4 Å². The monoisotopic (exact) mass is 260 g/mol. The van der Waals surface area contributed by atoms with Gasteiger partial charge in [-0.15, -0.1) is 0 Å². The molecule has 0 aliphatic heterocycles. The van der Waals surface area contributed by atoms with E-state index in [4.69, 9.17) is 5.73 Å². The Balaban J connectivity index is 3.52. The van der Waals surface area contributed by atoms with Crippen LogP contribution in [0.4, 0.5) is 5.82 Å². The summed E-state index contributed by atoms with van der Waals surface area (Å²) in [6, 6.07) is 1.27. The van der Waals surface area contributed by atoms with Crippen LogP contribution in [0.25, 0.3) is 0 Å². The van der Waals surface area contributed by atoms with Gasteiger partial charge in [0.15, 0.2) is 0 Å². The highest BCUT2D eigenvalue weighted by Crippen LogP contribution is 2.20. The Labute approximate surface area is 88.6 Å². The zero-order valence-electron chi connectivity index (χ0n) is 7.70. The van der Waals surface area contributed by atoms with Gasteiger partial charge in [-0.25, -0.2) is 4.79 Å². The van der Waals surface area contributed by atoms with Crippen LogP contribution in [-0.2, 0) is 11.8 Å². The Bertz CT molecular complexity index is 439. The number of hydrogen-bond donors (Lipinski definition) is 1. The van der Waals surface area contributed by atoms with Crippen molar-refractivity contribution in [1.29, 1.82) is 0 Å². The maximum atomic E-state index is 11.3.